The van der Waals surface area contributed by atoms with E-state index in [9.17, 15) is 0 Å². The summed E-state index contributed by atoms with van der Waals surface area (Å²) in [6.07, 6.45) is 0. The summed E-state index contributed by atoms with van der Waals surface area (Å²) in [4.78, 5) is 14.1. The van der Waals surface area contributed by atoms with Crippen LogP contribution in [0.1, 0.15) is 0 Å². The van der Waals surface area contributed by atoms with E-state index in [1.54, 1.807) is 0 Å². The molecule has 52 heavy (non-hydrogen) atoms. The van der Waals surface area contributed by atoms with E-state index in [4.69, 9.17) is 21.3 Å². The van der Waals surface area contributed by atoms with Gasteiger partial charge in [0.25, 0.3) is 0 Å². The molecule has 0 amide bonds. The molecule has 0 aliphatic carbocycles. The minimum absolute atomic E-state index is 0.505. The SMILES string of the molecule is [C-]#[N+]c1cc(-c2nc(-c3ccccc3)cc(-c3ccccc3)n2)cc(-c2cccc3c2Oc2ccccc2[Si]3(c2ccccc2)c2ccccc2)c1. The van der Waals surface area contributed by atoms with Gasteiger partial charge in [0.1, 0.15) is 11.5 Å². The minimum atomic E-state index is -2.84. The molecule has 5 heteroatoms. The van der Waals surface area contributed by atoms with Crippen LogP contribution >= 0.6 is 0 Å². The highest BCUT2D eigenvalue weighted by Gasteiger charge is 2.48. The van der Waals surface area contributed by atoms with Gasteiger partial charge in [0.05, 0.1) is 18.0 Å². The van der Waals surface area contributed by atoms with Crippen molar-refractivity contribution in [3.63, 3.8) is 0 Å². The maximum Gasteiger partial charge on any atom is 0.188 e. The van der Waals surface area contributed by atoms with Crippen LogP contribution in [0.2, 0.25) is 0 Å². The lowest BCUT2D eigenvalue weighted by molar-refractivity contribution is 0.489. The first-order valence-electron chi connectivity index (χ1n) is 17.3. The van der Waals surface area contributed by atoms with Crippen molar-refractivity contribution in [1.29, 1.82) is 0 Å². The van der Waals surface area contributed by atoms with Gasteiger partial charge < -0.3 is 4.74 Å². The van der Waals surface area contributed by atoms with E-state index in [0.29, 0.717) is 11.5 Å². The van der Waals surface area contributed by atoms with Gasteiger partial charge in [0.2, 0.25) is 0 Å². The van der Waals surface area contributed by atoms with Crippen LogP contribution in [0.4, 0.5) is 5.69 Å². The highest BCUT2D eigenvalue weighted by Crippen LogP contribution is 2.40. The summed E-state index contributed by atoms with van der Waals surface area (Å²) in [5, 5.41) is 4.95. The van der Waals surface area contributed by atoms with Crippen LogP contribution in [-0.4, -0.2) is 18.0 Å². The lowest BCUT2D eigenvalue weighted by Gasteiger charge is -2.40. The van der Waals surface area contributed by atoms with Gasteiger partial charge in [-0.2, -0.15) is 0 Å². The maximum atomic E-state index is 8.15. The molecule has 8 aromatic rings. The second kappa shape index (κ2) is 13.1. The quantitative estimate of drug-likeness (QED) is 0.130. The second-order valence-corrected chi connectivity index (χ2v) is 16.6. The molecule has 0 unspecified atom stereocenters. The fourth-order valence-corrected chi connectivity index (χ4v) is 12.5. The molecule has 2 heterocycles. The molecule has 0 radical (unpaired) electrons. The lowest BCUT2D eigenvalue weighted by atomic mass is 10.00. The number of nitrogens with zero attached hydrogens (tertiary/aromatic N) is 3. The van der Waals surface area contributed by atoms with Crippen LogP contribution in [0.15, 0.2) is 188 Å². The Morgan fingerprint density at radius 1 is 0.462 bits per heavy atom. The Labute approximate surface area is 304 Å². The number of fused-ring (bicyclic) bond motifs is 2. The monoisotopic (exact) mass is 681 g/mol. The molecular formula is C47H31N3OSi. The molecule has 0 saturated heterocycles. The minimum Gasteiger partial charge on any atom is -0.457 e. The lowest BCUT2D eigenvalue weighted by Crippen LogP contribution is -2.76. The largest absolute Gasteiger partial charge is 0.457 e. The van der Waals surface area contributed by atoms with Gasteiger partial charge in [0.15, 0.2) is 19.6 Å². The Morgan fingerprint density at radius 2 is 0.981 bits per heavy atom. The van der Waals surface area contributed by atoms with Crippen molar-refractivity contribution >= 4 is 34.5 Å². The Morgan fingerprint density at radius 3 is 1.58 bits per heavy atom. The van der Waals surface area contributed by atoms with Crippen molar-refractivity contribution in [3.05, 3.63) is 199 Å². The third-order valence-corrected chi connectivity index (χ3v) is 14.6. The smallest absolute Gasteiger partial charge is 0.188 e. The highest BCUT2D eigenvalue weighted by molar-refractivity contribution is 7.20. The summed E-state index contributed by atoms with van der Waals surface area (Å²) in [5.41, 5.74) is 6.70. The van der Waals surface area contributed by atoms with Crippen LogP contribution in [0.3, 0.4) is 0 Å². The number of benzene rings is 7. The summed E-state index contributed by atoms with van der Waals surface area (Å²) in [5.74, 6) is 2.23. The molecule has 9 rings (SSSR count). The molecule has 7 aromatic carbocycles. The number of para-hydroxylation sites is 2. The van der Waals surface area contributed by atoms with Gasteiger partial charge in [-0.15, -0.1) is 0 Å². The summed E-state index contributed by atoms with van der Waals surface area (Å²) < 4.78 is 6.96. The van der Waals surface area contributed by atoms with E-state index >= 15 is 0 Å². The van der Waals surface area contributed by atoms with Crippen molar-refractivity contribution in [1.82, 2.24) is 9.97 Å². The molecule has 1 aliphatic heterocycles. The fourth-order valence-electron chi connectivity index (χ4n) is 7.51. The first kappa shape index (κ1) is 31.1. The van der Waals surface area contributed by atoms with E-state index in [1.165, 1.54) is 20.7 Å². The maximum absolute atomic E-state index is 8.15. The van der Waals surface area contributed by atoms with E-state index in [-0.39, 0.29) is 0 Å². The molecule has 0 atom stereocenters. The topological polar surface area (TPSA) is 39.4 Å². The molecule has 0 spiro atoms. The van der Waals surface area contributed by atoms with Crippen molar-refractivity contribution in [2.45, 2.75) is 0 Å². The molecule has 4 nitrogen and oxygen atoms in total. The number of aromatic nitrogens is 2. The first-order valence-corrected chi connectivity index (χ1v) is 19.3. The van der Waals surface area contributed by atoms with E-state index in [2.05, 4.69) is 132 Å². The Kier molecular flexibility index (Phi) is 7.85. The molecule has 1 aromatic heterocycles. The van der Waals surface area contributed by atoms with Crippen molar-refractivity contribution in [2.24, 2.45) is 0 Å². The first-order chi connectivity index (χ1) is 25.7. The molecule has 1 aliphatic rings. The van der Waals surface area contributed by atoms with Crippen LogP contribution in [0, 0.1) is 6.57 Å². The van der Waals surface area contributed by atoms with Crippen molar-refractivity contribution in [3.8, 4) is 56.5 Å². The zero-order valence-corrected chi connectivity index (χ0v) is 29.1. The Balaban J connectivity index is 1.28. The van der Waals surface area contributed by atoms with Crippen molar-refractivity contribution < 1.29 is 4.74 Å². The predicted octanol–water partition coefficient (Wildman–Crippen LogP) is 9.18. The molecule has 0 saturated carbocycles. The Bertz CT molecular complexity index is 2510. The van der Waals surface area contributed by atoms with Crippen LogP contribution in [0.25, 0.3) is 49.9 Å². The summed E-state index contributed by atoms with van der Waals surface area (Å²) >= 11 is 0. The van der Waals surface area contributed by atoms with Gasteiger partial charge in [-0.1, -0.05) is 158 Å². The number of hydrogen-bond acceptors (Lipinski definition) is 3. The van der Waals surface area contributed by atoms with E-state index in [0.717, 1.165) is 50.7 Å². The van der Waals surface area contributed by atoms with Gasteiger partial charge in [-0.3, -0.25) is 0 Å². The number of ether oxygens (including phenoxy) is 1. The zero-order chi connectivity index (χ0) is 34.9. The fraction of sp³-hybridized carbons (Fsp3) is 0. The summed E-state index contributed by atoms with van der Waals surface area (Å²) in [6, 6.07) is 64.9. The van der Waals surface area contributed by atoms with Gasteiger partial charge in [0, 0.05) is 22.3 Å². The standard InChI is InChI=1S/C47H31N3OSi/c1-48-37-30-35(29-36(31-37)47-49-41(33-17-6-2-7-18-33)32-42(50-47)34-19-8-3-9-20-34)40-25-16-28-45-46(40)51-43-26-14-15-27-44(43)52(45,38-21-10-4-11-22-38)39-23-12-5-13-24-39/h2-32H. The van der Waals surface area contributed by atoms with Crippen LogP contribution < -0.4 is 25.5 Å². The van der Waals surface area contributed by atoms with Crippen LogP contribution in [-0.2, 0) is 0 Å². The summed E-state index contributed by atoms with van der Waals surface area (Å²) in [6.45, 7) is 8.15. The van der Waals surface area contributed by atoms with E-state index < -0.39 is 8.07 Å². The highest BCUT2D eigenvalue weighted by atomic mass is 28.3. The molecule has 0 N–H and O–H groups in total. The van der Waals surface area contributed by atoms with Crippen molar-refractivity contribution in [2.75, 3.05) is 0 Å². The summed E-state index contributed by atoms with van der Waals surface area (Å²) in [7, 11) is -2.84. The molecular weight excluding hydrogens is 651 g/mol. The third-order valence-electron chi connectivity index (χ3n) is 9.82. The van der Waals surface area contributed by atoms with Crippen LogP contribution in [0.5, 0.6) is 11.5 Å². The molecule has 244 valence electrons. The van der Waals surface area contributed by atoms with Gasteiger partial charge in [-0.25, -0.2) is 14.8 Å². The average molecular weight is 682 g/mol. The van der Waals surface area contributed by atoms with Gasteiger partial charge in [-0.05, 0) is 56.6 Å². The second-order valence-electron chi connectivity index (χ2n) is 12.8. The predicted molar refractivity (Wildman–Crippen MR) is 214 cm³/mol. The van der Waals surface area contributed by atoms with E-state index in [1.807, 2.05) is 60.7 Å². The zero-order valence-electron chi connectivity index (χ0n) is 28.1. The number of rotatable bonds is 6. The molecule has 0 bridgehead atoms. The van der Waals surface area contributed by atoms with Gasteiger partial charge >= 0.3 is 0 Å². The third kappa shape index (κ3) is 5.30. The molecule has 0 fully saturated rings. The number of hydrogen-bond donors (Lipinski definition) is 0. The Hall–Kier alpha value is -6.87. The normalized spacial score (nSPS) is 12.5. The average Bonchev–Trinajstić information content (AvgIpc) is 3.23.